The molecule has 1 aliphatic carbocycles. The van der Waals surface area contributed by atoms with Gasteiger partial charge in [0.05, 0.1) is 16.8 Å². The Morgan fingerprint density at radius 1 is 0.421 bits per heavy atom. The van der Waals surface area contributed by atoms with Gasteiger partial charge in [0.25, 0.3) is 0 Å². The maximum absolute atomic E-state index is 6.62. The summed E-state index contributed by atoms with van der Waals surface area (Å²) < 4.78 is 9.08. The molecule has 0 saturated heterocycles. The van der Waals surface area contributed by atoms with Crippen molar-refractivity contribution in [3.63, 3.8) is 0 Å². The second-order valence-corrected chi connectivity index (χ2v) is 15.8. The number of benzene rings is 8. The van der Waals surface area contributed by atoms with Crippen molar-refractivity contribution in [2.24, 2.45) is 0 Å². The molecule has 3 nitrogen and oxygen atoms in total. The molecule has 0 bridgehead atoms. The molecule has 0 radical (unpaired) electrons. The van der Waals surface area contributed by atoms with E-state index in [1.807, 2.05) is 23.5 Å². The van der Waals surface area contributed by atoms with Crippen molar-refractivity contribution < 1.29 is 4.74 Å². The molecule has 0 saturated carbocycles. The van der Waals surface area contributed by atoms with Crippen LogP contribution in [-0.2, 0) is 5.41 Å². The Hall–Kier alpha value is -7.14. The third-order valence-electron chi connectivity index (χ3n) is 11.8. The van der Waals surface area contributed by atoms with Crippen molar-refractivity contribution in [1.29, 1.82) is 0 Å². The van der Waals surface area contributed by atoms with E-state index in [1.165, 1.54) is 64.7 Å². The molecule has 57 heavy (non-hydrogen) atoms. The van der Waals surface area contributed by atoms with Crippen LogP contribution in [0.15, 0.2) is 194 Å². The third kappa shape index (κ3) is 4.65. The van der Waals surface area contributed by atoms with Gasteiger partial charge in [0.15, 0.2) is 5.82 Å². The maximum Gasteiger partial charge on any atom is 0.161 e. The highest BCUT2D eigenvalue weighted by atomic mass is 32.1. The zero-order chi connectivity index (χ0) is 37.5. The zero-order valence-electron chi connectivity index (χ0n) is 30.7. The van der Waals surface area contributed by atoms with Crippen molar-refractivity contribution in [2.45, 2.75) is 5.41 Å². The molecule has 8 aromatic carbocycles. The number of nitrogens with zero attached hydrogens (tertiary/aromatic N) is 2. The van der Waals surface area contributed by atoms with E-state index in [0.29, 0.717) is 5.82 Å². The van der Waals surface area contributed by atoms with E-state index < -0.39 is 5.41 Å². The van der Waals surface area contributed by atoms with Crippen molar-refractivity contribution in [2.75, 3.05) is 0 Å². The summed E-state index contributed by atoms with van der Waals surface area (Å²) in [6, 6.07) is 69.3. The minimum absolute atomic E-state index is 0.536. The Labute approximate surface area is 334 Å². The van der Waals surface area contributed by atoms with Gasteiger partial charge in [0, 0.05) is 53.6 Å². The summed E-state index contributed by atoms with van der Waals surface area (Å²) in [5, 5.41) is 2.39. The lowest BCUT2D eigenvalue weighted by molar-refractivity contribution is 0.436. The van der Waals surface area contributed by atoms with Crippen LogP contribution < -0.4 is 4.74 Å². The van der Waals surface area contributed by atoms with Crippen LogP contribution in [0.25, 0.3) is 76.3 Å². The Morgan fingerprint density at radius 2 is 0.965 bits per heavy atom. The normalized spacial score (nSPS) is 13.2. The Kier molecular flexibility index (Phi) is 7.01. The van der Waals surface area contributed by atoms with Gasteiger partial charge in [-0.3, -0.25) is 0 Å². The van der Waals surface area contributed by atoms with Crippen molar-refractivity contribution >= 4 is 31.5 Å². The van der Waals surface area contributed by atoms with Crippen molar-refractivity contribution in [3.05, 3.63) is 216 Å². The molecule has 1 aliphatic heterocycles. The Balaban J connectivity index is 1.14. The van der Waals surface area contributed by atoms with E-state index in [9.17, 15) is 0 Å². The van der Waals surface area contributed by atoms with E-state index in [1.54, 1.807) is 0 Å². The largest absolute Gasteiger partial charge is 0.457 e. The third-order valence-corrected chi connectivity index (χ3v) is 13.0. The summed E-state index contributed by atoms with van der Waals surface area (Å²) >= 11 is 1.85. The molecule has 2 aromatic heterocycles. The fraction of sp³-hybridized carbons (Fsp3) is 0.0189. The van der Waals surface area contributed by atoms with Gasteiger partial charge >= 0.3 is 0 Å². The molecule has 1 spiro atoms. The van der Waals surface area contributed by atoms with E-state index in [-0.39, 0.29) is 0 Å². The summed E-state index contributed by atoms with van der Waals surface area (Å²) in [6.45, 7) is 0. The van der Waals surface area contributed by atoms with Gasteiger partial charge in [-0.05, 0) is 58.1 Å². The molecule has 0 fully saturated rings. The molecular weight excluding hydrogens is 713 g/mol. The number of hydrogen-bond donors (Lipinski definition) is 0. The second-order valence-electron chi connectivity index (χ2n) is 14.8. The fourth-order valence-corrected chi connectivity index (χ4v) is 10.7. The van der Waals surface area contributed by atoms with Crippen molar-refractivity contribution in [1.82, 2.24) is 9.97 Å². The average Bonchev–Trinajstić information content (AvgIpc) is 3.82. The van der Waals surface area contributed by atoms with Crippen LogP contribution in [0.1, 0.15) is 22.3 Å². The van der Waals surface area contributed by atoms with Crippen LogP contribution in [0.3, 0.4) is 0 Å². The van der Waals surface area contributed by atoms with E-state index >= 15 is 0 Å². The summed E-state index contributed by atoms with van der Waals surface area (Å²) in [6.07, 6.45) is 0. The van der Waals surface area contributed by atoms with Gasteiger partial charge in [-0.25, -0.2) is 9.97 Å². The first-order valence-electron chi connectivity index (χ1n) is 19.3. The van der Waals surface area contributed by atoms with Crippen LogP contribution in [0.2, 0.25) is 0 Å². The van der Waals surface area contributed by atoms with Gasteiger partial charge in [-0.2, -0.15) is 0 Å². The van der Waals surface area contributed by atoms with Gasteiger partial charge in [0.1, 0.15) is 11.5 Å². The molecule has 4 heteroatoms. The van der Waals surface area contributed by atoms with E-state index in [0.717, 1.165) is 39.6 Å². The summed E-state index contributed by atoms with van der Waals surface area (Å²) in [5.74, 6) is 2.51. The van der Waals surface area contributed by atoms with Gasteiger partial charge in [0.2, 0.25) is 0 Å². The standard InChI is InChI=1S/C53H32N2OS/c1-3-16-33(17-4-1)44-32-45(34-18-5-2-6-19-34)55-52(54-44)39-31-30-36(51-50(39)38-21-8-14-29-48(38)57-51)35-22-15-26-43-49(35)37-20-7-9-23-40(37)53(43)41-24-10-12-27-46(41)56-47-28-13-11-25-42(47)53/h1-32H. The number of para-hydroxylation sites is 2. The smallest absolute Gasteiger partial charge is 0.161 e. The SMILES string of the molecule is c1ccc(-c2cc(-c3ccccc3)nc(-c3ccc(-c4cccc5c4-c4ccccc4C54c5ccccc5Oc5ccccc54)c4sc5ccccc5c34)n2)cc1. The second kappa shape index (κ2) is 12.4. The summed E-state index contributed by atoms with van der Waals surface area (Å²) in [4.78, 5) is 10.6. The quantitative estimate of drug-likeness (QED) is 0.180. The summed E-state index contributed by atoms with van der Waals surface area (Å²) in [7, 11) is 0. The first-order valence-corrected chi connectivity index (χ1v) is 20.1. The van der Waals surface area contributed by atoms with Crippen LogP contribution in [-0.4, -0.2) is 9.97 Å². The minimum atomic E-state index is -0.536. The number of ether oxygens (including phenoxy) is 1. The predicted octanol–water partition coefficient (Wildman–Crippen LogP) is 14.0. The molecule has 0 amide bonds. The molecule has 0 atom stereocenters. The van der Waals surface area contributed by atoms with E-state index in [2.05, 4.69) is 182 Å². The molecule has 3 heterocycles. The predicted molar refractivity (Wildman–Crippen MR) is 234 cm³/mol. The number of fused-ring (bicyclic) bond motifs is 12. The lowest BCUT2D eigenvalue weighted by atomic mass is 9.66. The van der Waals surface area contributed by atoms with Gasteiger partial charge < -0.3 is 4.74 Å². The number of thiophene rings is 1. The Bertz CT molecular complexity index is 3120. The first kappa shape index (κ1) is 32.1. The van der Waals surface area contributed by atoms with Crippen LogP contribution in [0, 0.1) is 0 Å². The number of rotatable bonds is 4. The molecule has 10 aromatic rings. The highest BCUT2D eigenvalue weighted by molar-refractivity contribution is 7.26. The molecule has 12 rings (SSSR count). The van der Waals surface area contributed by atoms with E-state index in [4.69, 9.17) is 14.7 Å². The molecular formula is C53H32N2OS. The fourth-order valence-electron chi connectivity index (χ4n) is 9.44. The molecule has 0 N–H and O–H groups in total. The van der Waals surface area contributed by atoms with Gasteiger partial charge in [-0.1, -0.05) is 164 Å². The first-order chi connectivity index (χ1) is 28.3. The van der Waals surface area contributed by atoms with Crippen LogP contribution in [0.4, 0.5) is 0 Å². The molecule has 266 valence electrons. The molecule has 0 unspecified atom stereocenters. The Morgan fingerprint density at radius 3 is 1.67 bits per heavy atom. The number of aromatic nitrogens is 2. The topological polar surface area (TPSA) is 35.0 Å². The van der Waals surface area contributed by atoms with Crippen molar-refractivity contribution in [3.8, 4) is 67.7 Å². The monoisotopic (exact) mass is 744 g/mol. The maximum atomic E-state index is 6.62. The zero-order valence-corrected chi connectivity index (χ0v) is 31.5. The van der Waals surface area contributed by atoms with Gasteiger partial charge in [-0.15, -0.1) is 11.3 Å². The summed E-state index contributed by atoms with van der Waals surface area (Å²) in [5.41, 5.74) is 14.2. The lowest BCUT2D eigenvalue weighted by Gasteiger charge is -2.39. The lowest BCUT2D eigenvalue weighted by Crippen LogP contribution is -2.32. The van der Waals surface area contributed by atoms with Crippen LogP contribution >= 0.6 is 11.3 Å². The number of hydrogen-bond acceptors (Lipinski definition) is 4. The average molecular weight is 745 g/mol. The highest BCUT2D eigenvalue weighted by Crippen LogP contribution is 2.63. The minimum Gasteiger partial charge on any atom is -0.457 e. The molecule has 2 aliphatic rings. The highest BCUT2D eigenvalue weighted by Gasteiger charge is 2.51. The van der Waals surface area contributed by atoms with Crippen LogP contribution in [0.5, 0.6) is 11.5 Å².